The molecular weight excluding hydrogens is 358 g/mol. The molecule has 28 heavy (non-hydrogen) atoms. The van der Waals surface area contributed by atoms with Crippen molar-refractivity contribution in [2.45, 2.75) is 50.7 Å². The first kappa shape index (κ1) is 18.3. The van der Waals surface area contributed by atoms with E-state index in [1.54, 1.807) is 0 Å². The molecule has 2 fully saturated rings. The van der Waals surface area contributed by atoms with E-state index in [-0.39, 0.29) is 35.7 Å². The predicted molar refractivity (Wildman–Crippen MR) is 102 cm³/mol. The maximum absolute atomic E-state index is 12.9. The third kappa shape index (κ3) is 3.28. The predicted octanol–water partition coefficient (Wildman–Crippen LogP) is 1.79. The van der Waals surface area contributed by atoms with Gasteiger partial charge in [0.15, 0.2) is 5.76 Å². The minimum Gasteiger partial charge on any atom is -0.458 e. The van der Waals surface area contributed by atoms with Gasteiger partial charge in [-0.2, -0.15) is 0 Å². The molecule has 7 nitrogen and oxygen atoms in total. The number of rotatable bonds is 5. The lowest BCUT2D eigenvalue weighted by Gasteiger charge is -2.24. The van der Waals surface area contributed by atoms with Gasteiger partial charge in [-0.15, -0.1) is 0 Å². The summed E-state index contributed by atoms with van der Waals surface area (Å²) in [5.41, 5.74) is 7.61. The summed E-state index contributed by atoms with van der Waals surface area (Å²) in [5.74, 6) is -0.944. The van der Waals surface area contributed by atoms with Gasteiger partial charge in [0.2, 0.25) is 5.91 Å². The summed E-state index contributed by atoms with van der Waals surface area (Å²) in [5, 5.41) is 3.12. The number of nitrogens with zero attached hydrogens (tertiary/aromatic N) is 1. The van der Waals surface area contributed by atoms with Crippen molar-refractivity contribution >= 4 is 17.7 Å². The number of primary amides is 1. The molecule has 146 valence electrons. The largest absolute Gasteiger partial charge is 0.458 e. The van der Waals surface area contributed by atoms with E-state index in [9.17, 15) is 14.4 Å². The second-order valence-corrected chi connectivity index (χ2v) is 7.59. The first-order valence-corrected chi connectivity index (χ1v) is 9.49. The van der Waals surface area contributed by atoms with Crippen LogP contribution in [-0.2, 0) is 11.2 Å². The Bertz CT molecular complexity index is 935. The number of carbonyl (C=O) groups is 3. The number of furan rings is 1. The molecule has 0 aliphatic carbocycles. The maximum atomic E-state index is 12.9. The van der Waals surface area contributed by atoms with Crippen LogP contribution in [0.25, 0.3) is 0 Å². The number of hydrogen-bond donors (Lipinski definition) is 2. The molecule has 4 rings (SSSR count). The van der Waals surface area contributed by atoms with E-state index >= 15 is 0 Å². The second kappa shape index (κ2) is 7.14. The first-order valence-electron chi connectivity index (χ1n) is 9.49. The molecule has 1 aromatic heterocycles. The van der Waals surface area contributed by atoms with Gasteiger partial charge in [0, 0.05) is 12.1 Å². The molecule has 3 amide bonds. The van der Waals surface area contributed by atoms with Crippen LogP contribution < -0.4 is 11.1 Å². The molecular formula is C21H23N3O4. The standard InChI is InChI=1S/C21H23N3O4/c1-12-4-2-3-5-13(12)9-19(25)23-16-10-15-6-7-17(16)24(15)21(27)14-8-18(20(22)26)28-11-14/h2-5,8,11,15-17H,6-7,9-10H2,1H3,(H2,22,26)(H,23,25)/t15-,16-,17+/m1/s1. The van der Waals surface area contributed by atoms with Gasteiger partial charge in [0.25, 0.3) is 11.8 Å². The number of nitrogens with two attached hydrogens (primary N) is 1. The SMILES string of the molecule is Cc1ccccc1CC(=O)N[C@@H]1C[C@H]2CC[C@@H]1N2C(=O)c1coc(C(N)=O)c1. The van der Waals surface area contributed by atoms with Crippen LogP contribution in [0, 0.1) is 6.92 Å². The highest BCUT2D eigenvalue weighted by molar-refractivity contribution is 5.98. The van der Waals surface area contributed by atoms with Crippen LogP contribution in [-0.4, -0.2) is 40.7 Å². The lowest BCUT2D eigenvalue weighted by Crippen LogP contribution is -2.45. The zero-order valence-electron chi connectivity index (χ0n) is 15.7. The summed E-state index contributed by atoms with van der Waals surface area (Å²) in [6.45, 7) is 1.99. The van der Waals surface area contributed by atoms with Crippen molar-refractivity contribution in [1.82, 2.24) is 10.2 Å². The van der Waals surface area contributed by atoms with Crippen molar-refractivity contribution in [3.63, 3.8) is 0 Å². The third-order valence-corrected chi connectivity index (χ3v) is 5.82. The Morgan fingerprint density at radius 3 is 2.75 bits per heavy atom. The van der Waals surface area contributed by atoms with E-state index in [4.69, 9.17) is 10.2 Å². The minimum atomic E-state index is -0.704. The van der Waals surface area contributed by atoms with Crippen molar-refractivity contribution in [1.29, 1.82) is 0 Å². The van der Waals surface area contributed by atoms with E-state index < -0.39 is 5.91 Å². The highest BCUT2D eigenvalue weighted by Crippen LogP contribution is 2.39. The number of hydrogen-bond acceptors (Lipinski definition) is 4. The van der Waals surface area contributed by atoms with Gasteiger partial charge >= 0.3 is 0 Å². The molecule has 1 aromatic carbocycles. The normalized spacial score (nSPS) is 23.0. The Morgan fingerprint density at radius 1 is 1.25 bits per heavy atom. The van der Waals surface area contributed by atoms with Gasteiger partial charge in [-0.1, -0.05) is 24.3 Å². The lowest BCUT2D eigenvalue weighted by atomic mass is 9.95. The molecule has 0 unspecified atom stereocenters. The van der Waals surface area contributed by atoms with Crippen LogP contribution >= 0.6 is 0 Å². The Balaban J connectivity index is 1.43. The monoisotopic (exact) mass is 381 g/mol. The third-order valence-electron chi connectivity index (χ3n) is 5.82. The molecule has 7 heteroatoms. The van der Waals surface area contributed by atoms with Crippen LogP contribution in [0.1, 0.15) is 51.3 Å². The quantitative estimate of drug-likeness (QED) is 0.823. The number of aryl methyl sites for hydroxylation is 1. The van der Waals surface area contributed by atoms with E-state index in [0.29, 0.717) is 12.0 Å². The second-order valence-electron chi connectivity index (χ2n) is 7.59. The van der Waals surface area contributed by atoms with Gasteiger partial charge in [0.1, 0.15) is 6.26 Å². The van der Waals surface area contributed by atoms with Gasteiger partial charge in [-0.3, -0.25) is 14.4 Å². The Labute approximate surface area is 162 Å². The molecule has 0 spiro atoms. The number of nitrogens with one attached hydrogen (secondary N) is 1. The fourth-order valence-electron chi connectivity index (χ4n) is 4.43. The molecule has 0 radical (unpaired) electrons. The molecule has 2 aliphatic rings. The zero-order chi connectivity index (χ0) is 19.8. The van der Waals surface area contributed by atoms with Crippen molar-refractivity contribution in [2.24, 2.45) is 5.73 Å². The van der Waals surface area contributed by atoms with Crippen LogP contribution in [0.5, 0.6) is 0 Å². The van der Waals surface area contributed by atoms with Crippen molar-refractivity contribution in [2.75, 3.05) is 0 Å². The molecule has 2 aliphatic heterocycles. The lowest BCUT2D eigenvalue weighted by molar-refractivity contribution is -0.121. The topological polar surface area (TPSA) is 106 Å². The summed E-state index contributed by atoms with van der Waals surface area (Å²) < 4.78 is 5.07. The Hall–Kier alpha value is -3.09. The van der Waals surface area contributed by atoms with Crippen molar-refractivity contribution < 1.29 is 18.8 Å². The molecule has 0 saturated carbocycles. The summed E-state index contributed by atoms with van der Waals surface area (Å²) in [7, 11) is 0. The van der Waals surface area contributed by atoms with Gasteiger partial charge in [-0.25, -0.2) is 0 Å². The average Bonchev–Trinajstić information content (AvgIpc) is 3.37. The summed E-state index contributed by atoms with van der Waals surface area (Å²) in [6, 6.07) is 9.22. The Kier molecular flexibility index (Phi) is 4.66. The first-order chi connectivity index (χ1) is 13.4. The maximum Gasteiger partial charge on any atom is 0.284 e. The van der Waals surface area contributed by atoms with E-state index in [0.717, 1.165) is 30.4 Å². The number of amides is 3. The minimum absolute atomic E-state index is 0.0291. The summed E-state index contributed by atoms with van der Waals surface area (Å²) in [6.07, 6.45) is 4.12. The van der Waals surface area contributed by atoms with Gasteiger partial charge < -0.3 is 20.4 Å². The van der Waals surface area contributed by atoms with Crippen molar-refractivity contribution in [3.8, 4) is 0 Å². The van der Waals surface area contributed by atoms with Gasteiger partial charge in [-0.05, 0) is 37.3 Å². The van der Waals surface area contributed by atoms with Crippen LogP contribution in [0.3, 0.4) is 0 Å². The summed E-state index contributed by atoms with van der Waals surface area (Å²) in [4.78, 5) is 38.5. The fraction of sp³-hybridized carbons (Fsp3) is 0.381. The number of benzene rings is 1. The zero-order valence-corrected chi connectivity index (χ0v) is 15.7. The highest BCUT2D eigenvalue weighted by Gasteiger charge is 2.49. The molecule has 2 saturated heterocycles. The number of fused-ring (bicyclic) bond motifs is 2. The highest BCUT2D eigenvalue weighted by atomic mass is 16.3. The van der Waals surface area contributed by atoms with E-state index in [1.807, 2.05) is 36.1 Å². The van der Waals surface area contributed by atoms with Crippen LogP contribution in [0.4, 0.5) is 0 Å². The van der Waals surface area contributed by atoms with Crippen molar-refractivity contribution in [3.05, 3.63) is 59.0 Å². The molecule has 2 aromatic rings. The molecule has 3 N–H and O–H groups in total. The summed E-state index contributed by atoms with van der Waals surface area (Å²) >= 11 is 0. The molecule has 3 atom stereocenters. The smallest absolute Gasteiger partial charge is 0.284 e. The molecule has 2 bridgehead atoms. The molecule has 3 heterocycles. The van der Waals surface area contributed by atoms with Crippen LogP contribution in [0.2, 0.25) is 0 Å². The Morgan fingerprint density at radius 2 is 2.04 bits per heavy atom. The number of carbonyl (C=O) groups excluding carboxylic acids is 3. The fourth-order valence-corrected chi connectivity index (χ4v) is 4.43. The van der Waals surface area contributed by atoms with E-state index in [2.05, 4.69) is 5.32 Å². The van der Waals surface area contributed by atoms with Crippen LogP contribution in [0.15, 0.2) is 41.0 Å². The van der Waals surface area contributed by atoms with Gasteiger partial charge in [0.05, 0.1) is 24.1 Å². The average molecular weight is 381 g/mol. The van der Waals surface area contributed by atoms with E-state index in [1.165, 1.54) is 12.3 Å².